The van der Waals surface area contributed by atoms with Gasteiger partial charge < -0.3 is 14.2 Å². The predicted molar refractivity (Wildman–Crippen MR) is 330 cm³/mol. The summed E-state index contributed by atoms with van der Waals surface area (Å²) in [6, 6.07) is 0. The first-order chi connectivity index (χ1) is 37.5. The third-order valence-corrected chi connectivity index (χ3v) is 15.7. The highest BCUT2D eigenvalue weighted by atomic mass is 16.6. The van der Waals surface area contributed by atoms with Crippen molar-refractivity contribution in [2.24, 2.45) is 0 Å². The van der Waals surface area contributed by atoms with E-state index in [9.17, 15) is 14.4 Å². The summed E-state index contributed by atoms with van der Waals surface area (Å²) in [6.07, 6.45) is 79.3. The van der Waals surface area contributed by atoms with Gasteiger partial charge in [0.1, 0.15) is 13.2 Å². The quantitative estimate of drug-likeness (QED) is 0.0261. The molecule has 0 fully saturated rings. The molecule has 0 N–H and O–H groups in total. The minimum absolute atomic E-state index is 0.0664. The number of carbonyl (C=O) groups is 3. The summed E-state index contributed by atoms with van der Waals surface area (Å²) >= 11 is 0. The van der Waals surface area contributed by atoms with Crippen molar-refractivity contribution in [3.05, 3.63) is 24.3 Å². The van der Waals surface area contributed by atoms with Crippen LogP contribution in [0.3, 0.4) is 0 Å². The number of rotatable bonds is 64. The van der Waals surface area contributed by atoms with Gasteiger partial charge in [-0.15, -0.1) is 0 Å². The molecule has 0 aromatic heterocycles. The number of hydrogen-bond donors (Lipinski definition) is 0. The van der Waals surface area contributed by atoms with Crippen molar-refractivity contribution in [1.29, 1.82) is 0 Å². The first-order valence-electron chi connectivity index (χ1n) is 34.3. The molecular formula is C70H132O6. The average molecular weight is 1070 g/mol. The molecule has 0 bridgehead atoms. The third-order valence-electron chi connectivity index (χ3n) is 15.7. The number of ether oxygens (including phenoxy) is 3. The van der Waals surface area contributed by atoms with Gasteiger partial charge in [0, 0.05) is 19.3 Å². The highest BCUT2D eigenvalue weighted by Crippen LogP contribution is 2.18. The second-order valence-electron chi connectivity index (χ2n) is 23.4. The summed E-state index contributed by atoms with van der Waals surface area (Å²) in [5.74, 6) is -0.842. The smallest absolute Gasteiger partial charge is 0.306 e. The highest BCUT2D eigenvalue weighted by Gasteiger charge is 2.19. The van der Waals surface area contributed by atoms with Crippen LogP contribution in [-0.4, -0.2) is 37.2 Å². The topological polar surface area (TPSA) is 78.9 Å². The van der Waals surface area contributed by atoms with E-state index in [0.717, 1.165) is 57.8 Å². The summed E-state index contributed by atoms with van der Waals surface area (Å²) in [5.41, 5.74) is 0. The summed E-state index contributed by atoms with van der Waals surface area (Å²) in [4.78, 5) is 38.3. The van der Waals surface area contributed by atoms with Crippen molar-refractivity contribution in [3.63, 3.8) is 0 Å². The van der Waals surface area contributed by atoms with Gasteiger partial charge in [-0.3, -0.25) is 14.4 Å². The molecule has 6 nitrogen and oxygen atoms in total. The largest absolute Gasteiger partial charge is 0.462 e. The van der Waals surface area contributed by atoms with E-state index in [0.29, 0.717) is 19.3 Å². The second-order valence-corrected chi connectivity index (χ2v) is 23.4. The zero-order chi connectivity index (χ0) is 55.0. The zero-order valence-electron chi connectivity index (χ0n) is 51.6. The monoisotopic (exact) mass is 1070 g/mol. The molecule has 448 valence electrons. The minimum atomic E-state index is -0.768. The number of esters is 3. The van der Waals surface area contributed by atoms with Gasteiger partial charge >= 0.3 is 17.9 Å². The Morgan fingerprint density at radius 3 is 0.658 bits per heavy atom. The zero-order valence-corrected chi connectivity index (χ0v) is 51.6. The van der Waals surface area contributed by atoms with Crippen LogP contribution in [0.4, 0.5) is 0 Å². The van der Waals surface area contributed by atoms with E-state index in [1.54, 1.807) is 0 Å². The molecule has 0 spiro atoms. The van der Waals surface area contributed by atoms with Gasteiger partial charge in [0.15, 0.2) is 6.10 Å². The average Bonchev–Trinajstić information content (AvgIpc) is 3.42. The van der Waals surface area contributed by atoms with Crippen LogP contribution < -0.4 is 0 Å². The third kappa shape index (κ3) is 62.7. The SMILES string of the molecule is CCCCCCCCCC/C=C\CCCCCCCCCCCCCCCCCC(=O)OCC(COC(=O)CCCCCCCCCCCC)OC(=O)CCCCCCCCCCC/C=C\CCCCCCCCCC. The van der Waals surface area contributed by atoms with Crippen LogP contribution in [-0.2, 0) is 28.6 Å². The van der Waals surface area contributed by atoms with Gasteiger partial charge in [0.25, 0.3) is 0 Å². The normalized spacial score (nSPS) is 12.1. The van der Waals surface area contributed by atoms with Gasteiger partial charge in [-0.1, -0.05) is 321 Å². The Balaban J connectivity index is 4.14. The maximum Gasteiger partial charge on any atom is 0.306 e. The van der Waals surface area contributed by atoms with E-state index in [2.05, 4.69) is 45.1 Å². The molecule has 6 heteroatoms. The van der Waals surface area contributed by atoms with Crippen molar-refractivity contribution >= 4 is 17.9 Å². The van der Waals surface area contributed by atoms with Gasteiger partial charge in [-0.2, -0.15) is 0 Å². The standard InChI is InChI=1S/C70H132O6/c1-4-7-10-13-16-19-22-24-26-28-30-32-33-34-35-36-37-39-40-42-44-46-48-51-54-57-60-63-69(72)75-66-67(65-74-68(71)62-59-56-53-50-21-18-15-12-9-6-3)76-70(73)64-61-58-55-52-49-47-45-43-41-38-31-29-27-25-23-20-17-14-11-8-5-2/h28-31,67H,4-27,32-66H2,1-3H3/b30-28-,31-29-. The van der Waals surface area contributed by atoms with Crippen molar-refractivity contribution in [2.75, 3.05) is 13.2 Å². The number of allylic oxidation sites excluding steroid dienone is 4. The lowest BCUT2D eigenvalue weighted by Gasteiger charge is -2.18. The number of carbonyl (C=O) groups excluding carboxylic acids is 3. The summed E-state index contributed by atoms with van der Waals surface area (Å²) in [6.45, 7) is 6.69. The lowest BCUT2D eigenvalue weighted by atomic mass is 10.0. The van der Waals surface area contributed by atoms with Gasteiger partial charge in [0.05, 0.1) is 0 Å². The van der Waals surface area contributed by atoms with Gasteiger partial charge in [-0.05, 0) is 70.6 Å². The van der Waals surface area contributed by atoms with E-state index in [1.807, 2.05) is 0 Å². The van der Waals surface area contributed by atoms with Crippen LogP contribution in [0.5, 0.6) is 0 Å². The summed E-state index contributed by atoms with van der Waals surface area (Å²) in [7, 11) is 0. The molecule has 0 saturated carbocycles. The lowest BCUT2D eigenvalue weighted by Crippen LogP contribution is -2.30. The number of hydrogen-bond acceptors (Lipinski definition) is 6. The summed E-state index contributed by atoms with van der Waals surface area (Å²) < 4.78 is 16.9. The van der Waals surface area contributed by atoms with Gasteiger partial charge in [0.2, 0.25) is 0 Å². The molecular weight excluding hydrogens is 937 g/mol. The van der Waals surface area contributed by atoms with Crippen molar-refractivity contribution in [1.82, 2.24) is 0 Å². The molecule has 0 aliphatic carbocycles. The Bertz CT molecular complexity index is 1230. The van der Waals surface area contributed by atoms with Crippen molar-refractivity contribution in [3.8, 4) is 0 Å². The maximum absolute atomic E-state index is 12.9. The Morgan fingerprint density at radius 2 is 0.434 bits per heavy atom. The fraction of sp³-hybridized carbons (Fsp3) is 0.900. The Labute approximate surface area is 474 Å². The van der Waals surface area contributed by atoms with Crippen LogP contribution in [0.15, 0.2) is 24.3 Å². The molecule has 1 unspecified atom stereocenters. The molecule has 1 atom stereocenters. The predicted octanol–water partition coefficient (Wildman–Crippen LogP) is 23.4. The van der Waals surface area contributed by atoms with Crippen molar-refractivity contribution in [2.45, 2.75) is 393 Å². The molecule has 0 aromatic rings. The van der Waals surface area contributed by atoms with Crippen LogP contribution in [0.25, 0.3) is 0 Å². The Morgan fingerprint density at radius 1 is 0.250 bits per heavy atom. The molecule has 0 amide bonds. The maximum atomic E-state index is 12.9. The van der Waals surface area contributed by atoms with E-state index in [1.165, 1.54) is 289 Å². The molecule has 0 rings (SSSR count). The number of unbranched alkanes of at least 4 members (excludes halogenated alkanes) is 49. The molecule has 0 aromatic carbocycles. The highest BCUT2D eigenvalue weighted by molar-refractivity contribution is 5.71. The molecule has 0 saturated heterocycles. The fourth-order valence-corrected chi connectivity index (χ4v) is 10.5. The van der Waals surface area contributed by atoms with E-state index in [4.69, 9.17) is 14.2 Å². The molecule has 0 heterocycles. The molecule has 0 aliphatic heterocycles. The molecule has 76 heavy (non-hydrogen) atoms. The molecule has 0 radical (unpaired) electrons. The fourth-order valence-electron chi connectivity index (χ4n) is 10.5. The van der Waals surface area contributed by atoms with Crippen LogP contribution in [0.2, 0.25) is 0 Å². The van der Waals surface area contributed by atoms with Crippen LogP contribution >= 0.6 is 0 Å². The first kappa shape index (κ1) is 73.9. The van der Waals surface area contributed by atoms with E-state index >= 15 is 0 Å². The Kier molecular flexibility index (Phi) is 63.6. The summed E-state index contributed by atoms with van der Waals surface area (Å²) in [5, 5.41) is 0. The van der Waals surface area contributed by atoms with E-state index in [-0.39, 0.29) is 31.1 Å². The first-order valence-corrected chi connectivity index (χ1v) is 34.3. The van der Waals surface area contributed by atoms with E-state index < -0.39 is 6.10 Å². The van der Waals surface area contributed by atoms with Crippen molar-refractivity contribution < 1.29 is 28.6 Å². The molecule has 0 aliphatic rings. The second kappa shape index (κ2) is 65.4. The van der Waals surface area contributed by atoms with Crippen LogP contribution in [0.1, 0.15) is 387 Å². The van der Waals surface area contributed by atoms with Gasteiger partial charge in [-0.25, -0.2) is 0 Å². The lowest BCUT2D eigenvalue weighted by molar-refractivity contribution is -0.167. The van der Waals surface area contributed by atoms with Crippen LogP contribution in [0, 0.1) is 0 Å². The minimum Gasteiger partial charge on any atom is -0.462 e. The Hall–Kier alpha value is -2.11.